The lowest BCUT2D eigenvalue weighted by atomic mass is 10.1. The molecule has 0 saturated heterocycles. The van der Waals surface area contributed by atoms with Crippen molar-refractivity contribution < 1.29 is 23.2 Å². The number of phenols is 1. The van der Waals surface area contributed by atoms with E-state index in [4.69, 9.17) is 4.55 Å². The molecule has 7 heteroatoms. The van der Waals surface area contributed by atoms with Crippen LogP contribution in [0.15, 0.2) is 41.4 Å². The zero-order chi connectivity index (χ0) is 13.3. The Kier molecular flexibility index (Phi) is 2.93. The molecule has 0 spiro atoms. The highest BCUT2D eigenvalue weighted by Crippen LogP contribution is 2.31. The molecule has 3 N–H and O–H groups in total. The Morgan fingerprint density at radius 2 is 1.78 bits per heavy atom. The Morgan fingerprint density at radius 1 is 1.06 bits per heavy atom. The predicted molar refractivity (Wildman–Crippen MR) is 62.8 cm³/mol. The second kappa shape index (κ2) is 4.28. The van der Waals surface area contributed by atoms with Crippen molar-refractivity contribution in [1.82, 2.24) is 4.98 Å². The zero-order valence-corrected chi connectivity index (χ0v) is 9.79. The first-order valence-corrected chi connectivity index (χ1v) is 6.28. The minimum Gasteiger partial charge on any atom is -0.506 e. The molecule has 0 aliphatic carbocycles. The third-order valence-corrected chi connectivity index (χ3v) is 3.18. The molecule has 1 aromatic carbocycles. The van der Waals surface area contributed by atoms with E-state index in [1.807, 2.05) is 0 Å². The fourth-order valence-electron chi connectivity index (χ4n) is 1.49. The summed E-state index contributed by atoms with van der Waals surface area (Å²) in [5.74, 6) is -0.707. The Bertz CT molecular complexity index is 696. The van der Waals surface area contributed by atoms with Crippen LogP contribution in [0.1, 0.15) is 0 Å². The molecule has 0 aliphatic heterocycles. The molecule has 0 atom stereocenters. The van der Waals surface area contributed by atoms with Gasteiger partial charge in [-0.25, -0.2) is 0 Å². The topological polar surface area (TPSA) is 108 Å². The van der Waals surface area contributed by atoms with Gasteiger partial charge in [0.1, 0.15) is 22.1 Å². The van der Waals surface area contributed by atoms with Gasteiger partial charge in [-0.2, -0.15) is 8.42 Å². The van der Waals surface area contributed by atoms with Gasteiger partial charge < -0.3 is 10.2 Å². The second-order valence-corrected chi connectivity index (χ2v) is 4.92. The smallest absolute Gasteiger partial charge is 0.298 e. The molecule has 94 valence electrons. The van der Waals surface area contributed by atoms with Gasteiger partial charge in [0.05, 0.1) is 0 Å². The van der Waals surface area contributed by atoms with E-state index < -0.39 is 20.8 Å². The van der Waals surface area contributed by atoms with Crippen LogP contribution >= 0.6 is 0 Å². The lowest BCUT2D eigenvalue weighted by molar-refractivity contribution is 0.443. The number of hydrogen-bond donors (Lipinski definition) is 3. The minimum atomic E-state index is -4.54. The summed E-state index contributed by atoms with van der Waals surface area (Å²) in [6.45, 7) is 0. The fraction of sp³-hybridized carbons (Fsp3) is 0. The van der Waals surface area contributed by atoms with E-state index in [-0.39, 0.29) is 17.0 Å². The van der Waals surface area contributed by atoms with E-state index in [9.17, 15) is 18.6 Å². The van der Waals surface area contributed by atoms with Gasteiger partial charge in [-0.05, 0) is 30.3 Å². The van der Waals surface area contributed by atoms with Crippen LogP contribution in [0.2, 0.25) is 0 Å². The summed E-state index contributed by atoms with van der Waals surface area (Å²) in [7, 11) is -4.54. The van der Waals surface area contributed by atoms with Gasteiger partial charge in [-0.15, -0.1) is 0 Å². The maximum atomic E-state index is 11.0. The first-order chi connectivity index (χ1) is 8.39. The highest BCUT2D eigenvalue weighted by Gasteiger charge is 2.17. The number of aromatic hydroxyl groups is 2. The average molecular weight is 267 g/mol. The molecular formula is C11H9NO5S. The van der Waals surface area contributed by atoms with Crippen molar-refractivity contribution in [2.45, 2.75) is 4.90 Å². The van der Waals surface area contributed by atoms with E-state index in [2.05, 4.69) is 4.98 Å². The molecule has 0 saturated carbocycles. The van der Waals surface area contributed by atoms with Crippen molar-refractivity contribution in [1.29, 1.82) is 0 Å². The van der Waals surface area contributed by atoms with E-state index in [0.717, 1.165) is 12.1 Å². The number of nitrogens with zero attached hydrogens (tertiary/aromatic N) is 1. The predicted octanol–water partition coefficient (Wildman–Crippen LogP) is 1.41. The van der Waals surface area contributed by atoms with E-state index in [1.165, 1.54) is 24.4 Å². The molecule has 18 heavy (non-hydrogen) atoms. The zero-order valence-electron chi connectivity index (χ0n) is 8.98. The van der Waals surface area contributed by atoms with E-state index >= 15 is 0 Å². The van der Waals surface area contributed by atoms with Crippen LogP contribution in [0.25, 0.3) is 11.3 Å². The third kappa shape index (κ3) is 2.27. The quantitative estimate of drug-likeness (QED) is 0.710. The van der Waals surface area contributed by atoms with E-state index in [0.29, 0.717) is 0 Å². The number of phenolic OH excluding ortho intramolecular Hbond substituents is 1. The van der Waals surface area contributed by atoms with E-state index in [1.54, 1.807) is 0 Å². The summed E-state index contributed by atoms with van der Waals surface area (Å²) in [6, 6.07) is 6.43. The van der Waals surface area contributed by atoms with Crippen LogP contribution in [0.5, 0.6) is 11.5 Å². The first kappa shape index (κ1) is 12.3. The summed E-state index contributed by atoms with van der Waals surface area (Å²) in [5, 5.41) is 19.0. The highest BCUT2D eigenvalue weighted by atomic mass is 32.2. The minimum absolute atomic E-state index is 0.135. The molecule has 0 fully saturated rings. The molecule has 1 aromatic heterocycles. The lowest BCUT2D eigenvalue weighted by Gasteiger charge is -2.06. The van der Waals surface area contributed by atoms with Gasteiger partial charge in [0, 0.05) is 11.8 Å². The van der Waals surface area contributed by atoms with Crippen LogP contribution in [0.3, 0.4) is 0 Å². The fourth-order valence-corrected chi connectivity index (χ4v) is 2.10. The van der Waals surface area contributed by atoms with Crippen LogP contribution in [0, 0.1) is 0 Å². The van der Waals surface area contributed by atoms with Crippen LogP contribution < -0.4 is 0 Å². The molecule has 6 nitrogen and oxygen atoms in total. The summed E-state index contributed by atoms with van der Waals surface area (Å²) in [5.41, 5.74) is 0.418. The standard InChI is InChI=1S/C11H9NO5S/c13-8-4-3-7(6-10(8)18(15,16)17)11-9(14)2-1-5-12-11/h1-6,13-14H,(H,15,16,17). The Hall–Kier alpha value is -2.12. The van der Waals surface area contributed by atoms with Crippen molar-refractivity contribution >= 4 is 10.1 Å². The van der Waals surface area contributed by atoms with Crippen molar-refractivity contribution in [2.75, 3.05) is 0 Å². The Balaban J connectivity index is 2.66. The van der Waals surface area contributed by atoms with Crippen molar-refractivity contribution in [3.63, 3.8) is 0 Å². The SMILES string of the molecule is O=S(=O)(O)c1cc(-c2ncccc2O)ccc1O. The molecule has 0 aliphatic rings. The highest BCUT2D eigenvalue weighted by molar-refractivity contribution is 7.86. The second-order valence-electron chi connectivity index (χ2n) is 3.53. The molecule has 2 rings (SSSR count). The first-order valence-electron chi connectivity index (χ1n) is 4.84. The largest absolute Gasteiger partial charge is 0.506 e. The molecular weight excluding hydrogens is 258 g/mol. The third-order valence-electron chi connectivity index (χ3n) is 2.30. The van der Waals surface area contributed by atoms with Gasteiger partial charge in [0.25, 0.3) is 10.1 Å². The summed E-state index contributed by atoms with van der Waals surface area (Å²) < 4.78 is 31.0. The maximum absolute atomic E-state index is 11.0. The molecule has 1 heterocycles. The van der Waals surface area contributed by atoms with Gasteiger partial charge >= 0.3 is 0 Å². The summed E-state index contributed by atoms with van der Waals surface area (Å²) in [4.78, 5) is 3.26. The van der Waals surface area contributed by atoms with Gasteiger partial charge in [0.2, 0.25) is 0 Å². The number of benzene rings is 1. The van der Waals surface area contributed by atoms with Crippen LogP contribution in [-0.4, -0.2) is 28.2 Å². The van der Waals surface area contributed by atoms with Crippen molar-refractivity contribution in [3.8, 4) is 22.8 Å². The summed E-state index contributed by atoms with van der Waals surface area (Å²) >= 11 is 0. The van der Waals surface area contributed by atoms with Gasteiger partial charge in [0.15, 0.2) is 0 Å². The van der Waals surface area contributed by atoms with Crippen molar-refractivity contribution in [2.24, 2.45) is 0 Å². The number of hydrogen-bond acceptors (Lipinski definition) is 5. The Morgan fingerprint density at radius 3 is 2.39 bits per heavy atom. The van der Waals surface area contributed by atoms with Crippen molar-refractivity contribution in [3.05, 3.63) is 36.5 Å². The van der Waals surface area contributed by atoms with Crippen LogP contribution in [-0.2, 0) is 10.1 Å². The normalized spacial score (nSPS) is 11.4. The molecule has 0 amide bonds. The number of pyridine rings is 1. The lowest BCUT2D eigenvalue weighted by Crippen LogP contribution is -1.99. The molecule has 2 aromatic rings. The summed E-state index contributed by atoms with van der Waals surface area (Å²) in [6.07, 6.45) is 1.43. The molecule has 0 bridgehead atoms. The van der Waals surface area contributed by atoms with Gasteiger partial charge in [-0.3, -0.25) is 9.54 Å². The van der Waals surface area contributed by atoms with Crippen LogP contribution in [0.4, 0.5) is 0 Å². The average Bonchev–Trinajstić information content (AvgIpc) is 2.29. The number of aromatic nitrogens is 1. The maximum Gasteiger partial charge on any atom is 0.298 e. The Labute approximate surface area is 103 Å². The number of rotatable bonds is 2. The molecule has 0 unspecified atom stereocenters. The molecule has 0 radical (unpaired) electrons. The van der Waals surface area contributed by atoms with Gasteiger partial charge in [-0.1, -0.05) is 0 Å². The monoisotopic (exact) mass is 267 g/mol.